The van der Waals surface area contributed by atoms with E-state index in [-0.39, 0.29) is 12.2 Å². The maximum atomic E-state index is 12.3. The van der Waals surface area contributed by atoms with Crippen LogP contribution in [0.1, 0.15) is 38.8 Å². The molecule has 4 rings (SSSR count). The number of ether oxygens (including phenoxy) is 1. The van der Waals surface area contributed by atoms with Crippen LogP contribution in [0.2, 0.25) is 0 Å². The minimum absolute atomic E-state index is 0.0722. The van der Waals surface area contributed by atoms with Gasteiger partial charge in [-0.1, -0.05) is 0 Å². The van der Waals surface area contributed by atoms with Gasteiger partial charge >= 0.3 is 5.97 Å². The molecule has 0 saturated carbocycles. The van der Waals surface area contributed by atoms with Crippen molar-refractivity contribution in [1.29, 1.82) is 0 Å². The summed E-state index contributed by atoms with van der Waals surface area (Å²) in [5, 5.41) is 0.697. The van der Waals surface area contributed by atoms with Crippen molar-refractivity contribution in [3.63, 3.8) is 0 Å². The van der Waals surface area contributed by atoms with Gasteiger partial charge in [0.15, 0.2) is 0 Å². The number of H-pyrrole nitrogens is 1. The number of nitrogens with zero attached hydrogens (tertiary/aromatic N) is 1. The predicted octanol–water partition coefficient (Wildman–Crippen LogP) is 2.73. The molecule has 3 aromatic rings. The van der Waals surface area contributed by atoms with Gasteiger partial charge in [-0.2, -0.15) is 0 Å². The van der Waals surface area contributed by atoms with E-state index >= 15 is 0 Å². The van der Waals surface area contributed by atoms with Crippen molar-refractivity contribution in [3.05, 3.63) is 50.3 Å². The molecule has 0 spiro atoms. The molecule has 6 nitrogen and oxygen atoms in total. The summed E-state index contributed by atoms with van der Waals surface area (Å²) < 4.78 is 10.3. The number of thiophene rings is 1. The Labute approximate surface area is 135 Å². The molecule has 0 unspecified atom stereocenters. The van der Waals surface area contributed by atoms with Crippen LogP contribution in [0, 0.1) is 6.92 Å². The minimum atomic E-state index is -0.493. The number of aromatic amines is 1. The highest BCUT2D eigenvalue weighted by molar-refractivity contribution is 7.18. The number of nitrogens with one attached hydrogen (secondary N) is 1. The van der Waals surface area contributed by atoms with Crippen molar-refractivity contribution in [2.75, 3.05) is 0 Å². The lowest BCUT2D eigenvalue weighted by Crippen LogP contribution is -2.14. The molecule has 1 aliphatic carbocycles. The highest BCUT2D eigenvalue weighted by atomic mass is 32.1. The first-order valence-corrected chi connectivity index (χ1v) is 8.20. The number of aryl methyl sites for hydroxylation is 3. The van der Waals surface area contributed by atoms with Gasteiger partial charge in [0, 0.05) is 4.88 Å². The van der Waals surface area contributed by atoms with E-state index in [0.717, 1.165) is 29.7 Å². The van der Waals surface area contributed by atoms with Crippen molar-refractivity contribution in [3.8, 4) is 0 Å². The Bertz CT molecular complexity index is 966. The van der Waals surface area contributed by atoms with Crippen molar-refractivity contribution >= 4 is 27.5 Å². The van der Waals surface area contributed by atoms with Crippen molar-refractivity contribution in [1.82, 2.24) is 9.97 Å². The second kappa shape index (κ2) is 5.34. The van der Waals surface area contributed by atoms with Crippen LogP contribution in [0.15, 0.2) is 21.5 Å². The summed E-state index contributed by atoms with van der Waals surface area (Å²) in [6, 6.07) is 1.56. The van der Waals surface area contributed by atoms with Crippen LogP contribution in [0.5, 0.6) is 0 Å². The molecule has 0 atom stereocenters. The van der Waals surface area contributed by atoms with E-state index in [1.807, 2.05) is 0 Å². The fourth-order valence-corrected chi connectivity index (χ4v) is 4.20. The fourth-order valence-electron chi connectivity index (χ4n) is 2.92. The topological polar surface area (TPSA) is 85.2 Å². The Morgan fingerprint density at radius 1 is 1.48 bits per heavy atom. The molecule has 1 N–H and O–H groups in total. The highest BCUT2D eigenvalue weighted by Crippen LogP contribution is 2.34. The molecule has 0 fully saturated rings. The monoisotopic (exact) mass is 330 g/mol. The van der Waals surface area contributed by atoms with E-state index in [1.54, 1.807) is 24.3 Å². The van der Waals surface area contributed by atoms with E-state index in [4.69, 9.17) is 9.15 Å². The first kappa shape index (κ1) is 14.2. The summed E-state index contributed by atoms with van der Waals surface area (Å²) in [5.74, 6) is 0.367. The van der Waals surface area contributed by atoms with Gasteiger partial charge in [0.2, 0.25) is 0 Å². The number of hydrogen-bond donors (Lipinski definition) is 1. The van der Waals surface area contributed by atoms with E-state index in [1.165, 1.54) is 11.1 Å². The van der Waals surface area contributed by atoms with Crippen molar-refractivity contribution in [2.24, 2.45) is 0 Å². The molecule has 0 saturated heterocycles. The van der Waals surface area contributed by atoms with Gasteiger partial charge in [-0.05, 0) is 37.8 Å². The minimum Gasteiger partial charge on any atom is -0.469 e. The summed E-state index contributed by atoms with van der Waals surface area (Å²) in [4.78, 5) is 33.4. The van der Waals surface area contributed by atoms with E-state index in [0.29, 0.717) is 22.5 Å². The third-order valence-corrected chi connectivity index (χ3v) is 5.23. The molecule has 1 aliphatic rings. The molecule has 0 radical (unpaired) electrons. The van der Waals surface area contributed by atoms with Crippen LogP contribution in [0.25, 0.3) is 10.2 Å². The van der Waals surface area contributed by atoms with Crippen LogP contribution in [0.3, 0.4) is 0 Å². The molecule has 118 valence electrons. The Hall–Kier alpha value is -2.41. The van der Waals surface area contributed by atoms with E-state index < -0.39 is 5.97 Å². The molecule has 0 aliphatic heterocycles. The van der Waals surface area contributed by atoms with Gasteiger partial charge in [0.25, 0.3) is 5.56 Å². The summed E-state index contributed by atoms with van der Waals surface area (Å²) in [6.07, 6.45) is 4.49. The summed E-state index contributed by atoms with van der Waals surface area (Å²) in [5.41, 5.74) is 1.36. The SMILES string of the molecule is Cc1occc1C(=O)OCc1nc2sc3c(c2c(=O)[nH]1)CCC3. The number of fused-ring (bicyclic) bond motifs is 3. The summed E-state index contributed by atoms with van der Waals surface area (Å²) in [6.45, 7) is 1.62. The number of esters is 1. The summed E-state index contributed by atoms with van der Waals surface area (Å²) in [7, 11) is 0. The maximum Gasteiger partial charge on any atom is 0.342 e. The van der Waals surface area contributed by atoms with E-state index in [9.17, 15) is 9.59 Å². The van der Waals surface area contributed by atoms with Crippen LogP contribution < -0.4 is 5.56 Å². The zero-order valence-electron chi connectivity index (χ0n) is 12.5. The van der Waals surface area contributed by atoms with Crippen LogP contribution in [-0.2, 0) is 24.2 Å². The number of hydrogen-bond acceptors (Lipinski definition) is 6. The second-order valence-corrected chi connectivity index (χ2v) is 6.60. The van der Waals surface area contributed by atoms with Gasteiger partial charge in [-0.3, -0.25) is 4.79 Å². The Morgan fingerprint density at radius 2 is 2.35 bits per heavy atom. The number of carbonyl (C=O) groups excluding carboxylic acids is 1. The van der Waals surface area contributed by atoms with Crippen LogP contribution in [-0.4, -0.2) is 15.9 Å². The molecule has 3 aromatic heterocycles. The average Bonchev–Trinajstić information content (AvgIpc) is 3.19. The largest absolute Gasteiger partial charge is 0.469 e. The zero-order chi connectivity index (χ0) is 16.0. The Kier molecular flexibility index (Phi) is 3.30. The summed E-state index contributed by atoms with van der Waals surface area (Å²) >= 11 is 1.56. The average molecular weight is 330 g/mol. The molecule has 0 amide bonds. The molecule has 23 heavy (non-hydrogen) atoms. The van der Waals surface area contributed by atoms with Crippen molar-refractivity contribution < 1.29 is 13.9 Å². The van der Waals surface area contributed by atoms with Gasteiger partial charge in [-0.15, -0.1) is 11.3 Å². The third kappa shape index (κ3) is 2.37. The lowest BCUT2D eigenvalue weighted by molar-refractivity contribution is 0.0460. The van der Waals surface area contributed by atoms with Gasteiger partial charge in [0.05, 0.1) is 11.6 Å². The van der Waals surface area contributed by atoms with Crippen LogP contribution in [0.4, 0.5) is 0 Å². The Morgan fingerprint density at radius 3 is 3.13 bits per heavy atom. The smallest absolute Gasteiger partial charge is 0.342 e. The Balaban J connectivity index is 1.59. The lowest BCUT2D eigenvalue weighted by Gasteiger charge is -2.04. The van der Waals surface area contributed by atoms with E-state index in [2.05, 4.69) is 9.97 Å². The quantitative estimate of drug-likeness (QED) is 0.746. The first-order valence-electron chi connectivity index (χ1n) is 7.38. The van der Waals surface area contributed by atoms with Gasteiger partial charge in [-0.25, -0.2) is 9.78 Å². The number of rotatable bonds is 3. The van der Waals surface area contributed by atoms with Crippen molar-refractivity contribution in [2.45, 2.75) is 32.8 Å². The third-order valence-electron chi connectivity index (χ3n) is 4.04. The lowest BCUT2D eigenvalue weighted by atomic mass is 10.2. The molecule has 3 heterocycles. The standard InChI is InChI=1S/C16H14N2O4S/c1-8-9(5-6-21-8)16(20)22-7-12-17-14(19)13-10-3-2-4-11(10)23-15(13)18-12/h5-6H,2-4,7H2,1H3,(H,17,18,19). The first-order chi connectivity index (χ1) is 11.1. The maximum absolute atomic E-state index is 12.3. The molecule has 0 bridgehead atoms. The normalized spacial score (nSPS) is 13.4. The number of aromatic nitrogens is 2. The fraction of sp³-hybridized carbons (Fsp3) is 0.312. The molecule has 7 heteroatoms. The van der Waals surface area contributed by atoms with Gasteiger partial charge < -0.3 is 14.1 Å². The highest BCUT2D eigenvalue weighted by Gasteiger charge is 2.21. The number of carbonyl (C=O) groups is 1. The molecule has 0 aromatic carbocycles. The van der Waals surface area contributed by atoms with Crippen LogP contribution >= 0.6 is 11.3 Å². The van der Waals surface area contributed by atoms with Gasteiger partial charge in [0.1, 0.15) is 28.6 Å². The number of furan rings is 1. The zero-order valence-corrected chi connectivity index (χ0v) is 13.3. The predicted molar refractivity (Wildman–Crippen MR) is 84.8 cm³/mol. The molecular weight excluding hydrogens is 316 g/mol. The molecular formula is C16H14N2O4S. The second-order valence-electron chi connectivity index (χ2n) is 5.52.